The van der Waals surface area contributed by atoms with Crippen LogP contribution in [0.5, 0.6) is 11.5 Å². The van der Waals surface area contributed by atoms with Gasteiger partial charge < -0.3 is 15.5 Å². The molecule has 15 heavy (non-hydrogen) atoms. The van der Waals surface area contributed by atoms with E-state index in [1.807, 2.05) is 22.6 Å². The van der Waals surface area contributed by atoms with Crippen molar-refractivity contribution >= 4 is 28.4 Å². The van der Waals surface area contributed by atoms with E-state index in [0.29, 0.717) is 9.99 Å². The molecule has 80 valence electrons. The van der Waals surface area contributed by atoms with Crippen molar-refractivity contribution in [3.05, 3.63) is 21.3 Å². The largest absolute Gasteiger partial charge is 0.504 e. The van der Waals surface area contributed by atoms with Crippen LogP contribution < -0.4 is 5.32 Å². The third-order valence-corrected chi connectivity index (χ3v) is 3.48. The molecule has 3 N–H and O–H groups in total. The summed E-state index contributed by atoms with van der Waals surface area (Å²) in [5, 5.41) is 22.0. The Hall–Kier alpha value is -0.980. The Morgan fingerprint density at radius 3 is 2.87 bits per heavy atom. The normalized spacial score (nSPS) is 14.9. The van der Waals surface area contributed by atoms with E-state index in [4.69, 9.17) is 0 Å². The van der Waals surface area contributed by atoms with E-state index in [0.717, 1.165) is 24.5 Å². The van der Waals surface area contributed by atoms with Crippen molar-refractivity contribution in [1.29, 1.82) is 0 Å². The number of hydrogen-bond acceptors (Lipinski definition) is 4. The topological polar surface area (TPSA) is 64.9 Å². The molecule has 1 heterocycles. The molecule has 0 saturated carbocycles. The summed E-state index contributed by atoms with van der Waals surface area (Å²) in [6.07, 6.45) is 0.673. The molecule has 1 aliphatic heterocycles. The molecule has 1 aliphatic rings. The lowest BCUT2D eigenvalue weighted by Gasteiger charge is -2.08. The van der Waals surface area contributed by atoms with Crippen LogP contribution in [0.2, 0.25) is 0 Å². The molecular formula is C10H11IN2O2. The highest BCUT2D eigenvalue weighted by Crippen LogP contribution is 2.32. The lowest BCUT2D eigenvalue weighted by molar-refractivity contribution is 0.400. The van der Waals surface area contributed by atoms with Crippen LogP contribution in [0.4, 0.5) is 0 Å². The third kappa shape index (κ3) is 2.17. The Morgan fingerprint density at radius 2 is 2.20 bits per heavy atom. The molecule has 2 rings (SSSR count). The highest BCUT2D eigenvalue weighted by molar-refractivity contribution is 14.1. The van der Waals surface area contributed by atoms with Gasteiger partial charge in [0.1, 0.15) is 5.84 Å². The summed E-state index contributed by atoms with van der Waals surface area (Å²) in [6, 6.07) is 3.31. The van der Waals surface area contributed by atoms with E-state index < -0.39 is 0 Å². The Morgan fingerprint density at radius 1 is 1.40 bits per heavy atom. The van der Waals surface area contributed by atoms with Gasteiger partial charge in [0, 0.05) is 13.0 Å². The van der Waals surface area contributed by atoms with E-state index in [1.54, 1.807) is 6.07 Å². The molecule has 0 radical (unpaired) electrons. The maximum Gasteiger partial charge on any atom is 0.171 e. The summed E-state index contributed by atoms with van der Waals surface area (Å²) >= 11 is 2.02. The summed E-state index contributed by atoms with van der Waals surface area (Å²) < 4.78 is 0.684. The molecule has 0 saturated heterocycles. The molecule has 0 amide bonds. The summed E-state index contributed by atoms with van der Waals surface area (Å²) in [7, 11) is 0. The maximum absolute atomic E-state index is 9.54. The summed E-state index contributed by atoms with van der Waals surface area (Å²) in [5.74, 6) is 0.814. The zero-order valence-electron chi connectivity index (χ0n) is 8.00. The Bertz CT molecular complexity index is 418. The third-order valence-electron chi connectivity index (χ3n) is 2.28. The van der Waals surface area contributed by atoms with Crippen LogP contribution in [0.25, 0.3) is 0 Å². The number of nitrogens with one attached hydrogen (secondary N) is 1. The highest BCUT2D eigenvalue weighted by Gasteiger charge is 2.12. The first-order valence-electron chi connectivity index (χ1n) is 4.65. The monoisotopic (exact) mass is 318 g/mol. The number of nitrogens with zero attached hydrogens (tertiary/aromatic N) is 1. The molecule has 0 unspecified atom stereocenters. The number of aliphatic imine (C=N–C) groups is 1. The minimum absolute atomic E-state index is 0.0494. The zero-order chi connectivity index (χ0) is 10.8. The molecule has 0 aliphatic carbocycles. The second-order valence-electron chi connectivity index (χ2n) is 3.34. The van der Waals surface area contributed by atoms with Crippen molar-refractivity contribution in [1.82, 2.24) is 5.32 Å². The smallest absolute Gasteiger partial charge is 0.171 e. The van der Waals surface area contributed by atoms with Crippen molar-refractivity contribution in [2.24, 2.45) is 4.99 Å². The molecule has 5 heteroatoms. The fourth-order valence-electron chi connectivity index (χ4n) is 1.48. The van der Waals surface area contributed by atoms with Crippen LogP contribution in [0.1, 0.15) is 5.56 Å². The van der Waals surface area contributed by atoms with Crippen molar-refractivity contribution in [2.45, 2.75) is 6.42 Å². The van der Waals surface area contributed by atoms with Crippen LogP contribution in [-0.4, -0.2) is 29.1 Å². The number of halogens is 1. The van der Waals surface area contributed by atoms with Crippen molar-refractivity contribution in [3.8, 4) is 11.5 Å². The first-order chi connectivity index (χ1) is 7.18. The Kier molecular flexibility index (Phi) is 2.99. The van der Waals surface area contributed by atoms with Crippen LogP contribution in [-0.2, 0) is 6.42 Å². The van der Waals surface area contributed by atoms with Gasteiger partial charge in [0.15, 0.2) is 11.5 Å². The summed E-state index contributed by atoms with van der Waals surface area (Å²) in [4.78, 5) is 4.28. The Labute approximate surface area is 101 Å². The van der Waals surface area contributed by atoms with Crippen LogP contribution in [0, 0.1) is 3.57 Å². The average molecular weight is 318 g/mol. The number of hydrogen-bond donors (Lipinski definition) is 3. The van der Waals surface area contributed by atoms with Gasteiger partial charge in [-0.3, -0.25) is 4.99 Å². The summed E-state index contributed by atoms with van der Waals surface area (Å²) in [6.45, 7) is 1.70. The van der Waals surface area contributed by atoms with Gasteiger partial charge in [-0.15, -0.1) is 0 Å². The first kappa shape index (κ1) is 10.5. The minimum Gasteiger partial charge on any atom is -0.504 e. The molecule has 0 bridgehead atoms. The quantitative estimate of drug-likeness (QED) is 0.568. The fourth-order valence-corrected chi connectivity index (χ4v) is 2.13. The number of phenols is 2. The van der Waals surface area contributed by atoms with Gasteiger partial charge in [-0.1, -0.05) is 6.07 Å². The van der Waals surface area contributed by atoms with Crippen molar-refractivity contribution in [2.75, 3.05) is 13.1 Å². The molecule has 0 atom stereocenters. The van der Waals surface area contributed by atoms with E-state index >= 15 is 0 Å². The number of phenolic OH excluding ortho intramolecular Hbond substituents is 2. The van der Waals surface area contributed by atoms with Crippen LogP contribution in [0.15, 0.2) is 17.1 Å². The van der Waals surface area contributed by atoms with Gasteiger partial charge in [-0.2, -0.15) is 0 Å². The van der Waals surface area contributed by atoms with Crippen molar-refractivity contribution in [3.63, 3.8) is 0 Å². The molecule has 0 spiro atoms. The standard InChI is InChI=1S/C10H11IN2O2/c11-9-6(1-2-7(14)10(9)15)5-8-12-3-4-13-8/h1-2,14-15H,3-5H2,(H,12,13). The predicted molar refractivity (Wildman–Crippen MR) is 66.5 cm³/mol. The first-order valence-corrected chi connectivity index (χ1v) is 5.73. The predicted octanol–water partition coefficient (Wildman–Crippen LogP) is 1.25. The lowest BCUT2D eigenvalue weighted by atomic mass is 10.1. The molecule has 4 nitrogen and oxygen atoms in total. The molecular weight excluding hydrogens is 307 g/mol. The van der Waals surface area contributed by atoms with E-state index in [2.05, 4.69) is 10.3 Å². The fraction of sp³-hybridized carbons (Fsp3) is 0.300. The number of amidine groups is 1. The second kappa shape index (κ2) is 4.26. The molecule has 1 aromatic carbocycles. The van der Waals surface area contributed by atoms with E-state index in [1.165, 1.54) is 6.07 Å². The Balaban J connectivity index is 2.25. The van der Waals surface area contributed by atoms with E-state index in [9.17, 15) is 10.2 Å². The van der Waals surface area contributed by atoms with Gasteiger partial charge >= 0.3 is 0 Å². The number of aromatic hydroxyl groups is 2. The van der Waals surface area contributed by atoms with E-state index in [-0.39, 0.29) is 11.5 Å². The molecule has 0 aromatic heterocycles. The SMILES string of the molecule is Oc1ccc(CC2=NCCN2)c(I)c1O. The van der Waals surface area contributed by atoms with Crippen molar-refractivity contribution < 1.29 is 10.2 Å². The lowest BCUT2D eigenvalue weighted by Crippen LogP contribution is -2.20. The van der Waals surface area contributed by atoms with Crippen LogP contribution in [0.3, 0.4) is 0 Å². The van der Waals surface area contributed by atoms with Crippen LogP contribution >= 0.6 is 22.6 Å². The number of benzene rings is 1. The van der Waals surface area contributed by atoms with Gasteiger partial charge in [0.2, 0.25) is 0 Å². The molecule has 1 aromatic rings. The molecule has 0 fully saturated rings. The zero-order valence-corrected chi connectivity index (χ0v) is 10.2. The van der Waals surface area contributed by atoms with Gasteiger partial charge in [-0.25, -0.2) is 0 Å². The highest BCUT2D eigenvalue weighted by atomic mass is 127. The van der Waals surface area contributed by atoms with Gasteiger partial charge in [0.05, 0.1) is 10.1 Å². The minimum atomic E-state index is -0.0792. The maximum atomic E-state index is 9.54. The van der Waals surface area contributed by atoms with Gasteiger partial charge in [-0.05, 0) is 34.2 Å². The summed E-state index contributed by atoms with van der Waals surface area (Å²) in [5.41, 5.74) is 0.971. The average Bonchev–Trinajstić information content (AvgIpc) is 2.72. The van der Waals surface area contributed by atoms with Gasteiger partial charge in [0.25, 0.3) is 0 Å². The second-order valence-corrected chi connectivity index (χ2v) is 4.42. The number of rotatable bonds is 2.